The van der Waals surface area contributed by atoms with Crippen molar-refractivity contribution in [1.29, 1.82) is 0 Å². The number of amides is 1. The van der Waals surface area contributed by atoms with Gasteiger partial charge in [-0.3, -0.25) is 19.8 Å². The summed E-state index contributed by atoms with van der Waals surface area (Å²) in [5.74, 6) is -0.109. The third kappa shape index (κ3) is 3.95. The predicted octanol–water partition coefficient (Wildman–Crippen LogP) is 2.86. The van der Waals surface area contributed by atoms with E-state index in [1.54, 1.807) is 0 Å². The van der Waals surface area contributed by atoms with E-state index in [4.69, 9.17) is 0 Å². The second-order valence-electron chi connectivity index (χ2n) is 8.52. The van der Waals surface area contributed by atoms with Crippen molar-refractivity contribution in [2.75, 3.05) is 13.1 Å². The molecule has 156 valence electrons. The largest absolute Gasteiger partial charge is 0.393 e. The topological polar surface area (TPSA) is 94.1 Å². The second kappa shape index (κ2) is 8.16. The van der Waals surface area contributed by atoms with Crippen LogP contribution in [0.5, 0.6) is 0 Å². The molecule has 1 aliphatic heterocycles. The van der Waals surface area contributed by atoms with Crippen LogP contribution >= 0.6 is 0 Å². The summed E-state index contributed by atoms with van der Waals surface area (Å²) in [6.07, 6.45) is 8.54. The highest BCUT2D eigenvalue weighted by molar-refractivity contribution is 6.05. The van der Waals surface area contributed by atoms with E-state index in [1.165, 1.54) is 6.42 Å². The number of nitrogens with one attached hydrogen (secondary N) is 2. The standard InChI is InChI=1S/C23H27N5O2/c29-19-6-8-28(9-7-19)14-15-10-17(13-24-12-15)16-4-5-21-20(11-16)22(27-26-21)23(30)25-18-2-1-3-18/h4-5,10-13,18-19,29H,1-3,6-9,14H2,(H,25,30)(H,26,27). The summed E-state index contributed by atoms with van der Waals surface area (Å²) in [4.78, 5) is 19.4. The molecule has 3 heterocycles. The summed E-state index contributed by atoms with van der Waals surface area (Å²) in [7, 11) is 0. The number of rotatable bonds is 5. The average Bonchev–Trinajstić information content (AvgIpc) is 3.16. The highest BCUT2D eigenvalue weighted by Gasteiger charge is 2.23. The van der Waals surface area contributed by atoms with E-state index in [0.29, 0.717) is 5.69 Å². The first-order valence-electron chi connectivity index (χ1n) is 10.8. The highest BCUT2D eigenvalue weighted by atomic mass is 16.3. The van der Waals surface area contributed by atoms with Crippen molar-refractivity contribution >= 4 is 16.8 Å². The number of pyridine rings is 1. The lowest BCUT2D eigenvalue weighted by atomic mass is 9.93. The number of carbonyl (C=O) groups excluding carboxylic acids is 1. The number of benzene rings is 1. The Morgan fingerprint density at radius 1 is 1.13 bits per heavy atom. The molecule has 30 heavy (non-hydrogen) atoms. The van der Waals surface area contributed by atoms with E-state index in [-0.39, 0.29) is 18.1 Å². The van der Waals surface area contributed by atoms with Gasteiger partial charge in [0.1, 0.15) is 0 Å². The average molecular weight is 406 g/mol. The fourth-order valence-electron chi connectivity index (χ4n) is 4.24. The number of hydrogen-bond acceptors (Lipinski definition) is 5. The number of likely N-dealkylation sites (tertiary alicyclic amines) is 1. The Hall–Kier alpha value is -2.77. The molecule has 0 spiro atoms. The van der Waals surface area contributed by atoms with Crippen LogP contribution in [-0.4, -0.2) is 56.3 Å². The maximum atomic E-state index is 12.6. The summed E-state index contributed by atoms with van der Waals surface area (Å²) in [5.41, 5.74) is 4.50. The summed E-state index contributed by atoms with van der Waals surface area (Å²) in [6, 6.07) is 8.46. The van der Waals surface area contributed by atoms with Gasteiger partial charge in [0.15, 0.2) is 5.69 Å². The number of aromatic nitrogens is 3. The SMILES string of the molecule is O=C(NC1CCC1)c1n[nH]c2ccc(-c3cncc(CN4CCC(O)CC4)c3)cc12. The lowest BCUT2D eigenvalue weighted by Gasteiger charge is -2.29. The fourth-order valence-corrected chi connectivity index (χ4v) is 4.24. The molecule has 2 aromatic heterocycles. The van der Waals surface area contributed by atoms with Crippen molar-refractivity contribution < 1.29 is 9.90 Å². The molecule has 0 unspecified atom stereocenters. The van der Waals surface area contributed by atoms with Crippen LogP contribution in [0.3, 0.4) is 0 Å². The Morgan fingerprint density at radius 3 is 2.73 bits per heavy atom. The normalized spacial score (nSPS) is 18.4. The number of aliphatic hydroxyl groups excluding tert-OH is 1. The van der Waals surface area contributed by atoms with E-state index in [2.05, 4.69) is 31.5 Å². The summed E-state index contributed by atoms with van der Waals surface area (Å²) < 4.78 is 0. The first kappa shape index (κ1) is 19.2. The van der Waals surface area contributed by atoms with Crippen molar-refractivity contribution in [2.45, 2.75) is 50.8 Å². The molecule has 1 saturated heterocycles. The summed E-state index contributed by atoms with van der Waals surface area (Å²) in [6.45, 7) is 2.65. The van der Waals surface area contributed by atoms with E-state index in [0.717, 1.165) is 72.9 Å². The van der Waals surface area contributed by atoms with Crippen LogP contribution in [0, 0.1) is 0 Å². The third-order valence-corrected chi connectivity index (χ3v) is 6.31. The van der Waals surface area contributed by atoms with E-state index in [1.807, 2.05) is 30.6 Å². The van der Waals surface area contributed by atoms with Crippen molar-refractivity contribution in [3.05, 3.63) is 47.9 Å². The smallest absolute Gasteiger partial charge is 0.272 e. The van der Waals surface area contributed by atoms with Crippen LogP contribution in [-0.2, 0) is 6.54 Å². The number of carbonyl (C=O) groups is 1. The number of H-pyrrole nitrogens is 1. The van der Waals surface area contributed by atoms with Crippen molar-refractivity contribution in [3.8, 4) is 11.1 Å². The molecule has 3 N–H and O–H groups in total. The van der Waals surface area contributed by atoms with Crippen LogP contribution < -0.4 is 5.32 Å². The Labute approximate surface area is 175 Å². The Morgan fingerprint density at radius 2 is 1.97 bits per heavy atom. The van der Waals surface area contributed by atoms with Crippen molar-refractivity contribution in [1.82, 2.24) is 25.4 Å². The number of piperidine rings is 1. The van der Waals surface area contributed by atoms with Gasteiger partial charge in [-0.25, -0.2) is 0 Å². The van der Waals surface area contributed by atoms with Gasteiger partial charge in [0.2, 0.25) is 0 Å². The third-order valence-electron chi connectivity index (χ3n) is 6.31. The number of hydrogen-bond donors (Lipinski definition) is 3. The molecule has 2 aliphatic rings. The van der Waals surface area contributed by atoms with E-state index < -0.39 is 0 Å². The minimum atomic E-state index is -0.164. The van der Waals surface area contributed by atoms with Gasteiger partial charge >= 0.3 is 0 Å². The quantitative estimate of drug-likeness (QED) is 0.607. The van der Waals surface area contributed by atoms with Crippen LogP contribution in [0.15, 0.2) is 36.7 Å². The van der Waals surface area contributed by atoms with Gasteiger partial charge in [-0.15, -0.1) is 0 Å². The lowest BCUT2D eigenvalue weighted by molar-refractivity contribution is 0.0792. The van der Waals surface area contributed by atoms with Gasteiger partial charge in [-0.2, -0.15) is 5.10 Å². The molecule has 1 amide bonds. The van der Waals surface area contributed by atoms with Crippen molar-refractivity contribution in [2.24, 2.45) is 0 Å². The maximum absolute atomic E-state index is 12.6. The number of fused-ring (bicyclic) bond motifs is 1. The molecule has 5 rings (SSSR count). The molecule has 7 heteroatoms. The molecule has 0 radical (unpaired) electrons. The Kier molecular flexibility index (Phi) is 5.23. The molecular weight excluding hydrogens is 378 g/mol. The molecular formula is C23H27N5O2. The van der Waals surface area contributed by atoms with Crippen molar-refractivity contribution in [3.63, 3.8) is 0 Å². The molecule has 3 aromatic rings. The highest BCUT2D eigenvalue weighted by Crippen LogP contribution is 2.27. The second-order valence-corrected chi connectivity index (χ2v) is 8.52. The van der Waals surface area contributed by atoms with Gasteiger partial charge in [0.05, 0.1) is 11.6 Å². The summed E-state index contributed by atoms with van der Waals surface area (Å²) in [5, 5.41) is 20.8. The zero-order chi connectivity index (χ0) is 20.5. The molecule has 1 aromatic carbocycles. The zero-order valence-electron chi connectivity index (χ0n) is 17.0. The van der Waals surface area contributed by atoms with Gasteiger partial charge < -0.3 is 10.4 Å². The number of aliphatic hydroxyl groups is 1. The molecule has 0 bridgehead atoms. The zero-order valence-corrected chi connectivity index (χ0v) is 17.0. The Bertz CT molecular complexity index is 1050. The molecule has 1 saturated carbocycles. The fraction of sp³-hybridized carbons (Fsp3) is 0.435. The first-order chi connectivity index (χ1) is 14.7. The monoisotopic (exact) mass is 405 g/mol. The van der Waals surface area contributed by atoms with E-state index in [9.17, 15) is 9.90 Å². The number of nitrogens with zero attached hydrogens (tertiary/aromatic N) is 3. The summed E-state index contributed by atoms with van der Waals surface area (Å²) >= 11 is 0. The Balaban J connectivity index is 1.37. The van der Waals surface area contributed by atoms with Crippen LogP contribution in [0.4, 0.5) is 0 Å². The first-order valence-corrected chi connectivity index (χ1v) is 10.8. The van der Waals surface area contributed by atoms with Gasteiger partial charge in [-0.05, 0) is 61.4 Å². The van der Waals surface area contributed by atoms with Gasteiger partial charge in [0.25, 0.3) is 5.91 Å². The number of aromatic amines is 1. The lowest BCUT2D eigenvalue weighted by Crippen LogP contribution is -2.39. The van der Waals surface area contributed by atoms with Crippen LogP contribution in [0.2, 0.25) is 0 Å². The van der Waals surface area contributed by atoms with Crippen LogP contribution in [0.1, 0.15) is 48.2 Å². The molecule has 1 aliphatic carbocycles. The maximum Gasteiger partial charge on any atom is 0.272 e. The van der Waals surface area contributed by atoms with Crippen LogP contribution in [0.25, 0.3) is 22.0 Å². The minimum Gasteiger partial charge on any atom is -0.393 e. The van der Waals surface area contributed by atoms with E-state index >= 15 is 0 Å². The van der Waals surface area contributed by atoms with Gasteiger partial charge in [-0.1, -0.05) is 6.07 Å². The predicted molar refractivity (Wildman–Crippen MR) is 115 cm³/mol. The minimum absolute atomic E-state index is 0.109. The molecule has 2 fully saturated rings. The molecule has 7 nitrogen and oxygen atoms in total. The van der Waals surface area contributed by atoms with Gasteiger partial charge in [0, 0.05) is 49.0 Å². The molecule has 0 atom stereocenters.